The van der Waals surface area contributed by atoms with E-state index in [0.717, 1.165) is 37.5 Å². The summed E-state index contributed by atoms with van der Waals surface area (Å²) in [6.45, 7) is 11.3. The van der Waals surface area contributed by atoms with Crippen LogP contribution in [0.25, 0.3) is 0 Å². The first-order valence-corrected chi connectivity index (χ1v) is 13.1. The lowest BCUT2D eigenvalue weighted by atomic mass is 9.44. The topological polar surface area (TPSA) is 60.7 Å². The first-order valence-electron chi connectivity index (χ1n) is 13.1. The second kappa shape index (κ2) is 8.03. The van der Waals surface area contributed by atoms with Crippen molar-refractivity contribution >= 4 is 0 Å². The molecule has 0 unspecified atom stereocenters. The van der Waals surface area contributed by atoms with Crippen molar-refractivity contribution in [3.63, 3.8) is 0 Å². The van der Waals surface area contributed by atoms with Crippen LogP contribution in [0.3, 0.4) is 0 Å². The van der Waals surface area contributed by atoms with Crippen molar-refractivity contribution in [1.82, 2.24) is 0 Å². The number of fused-ring (bicyclic) bond motifs is 5. The van der Waals surface area contributed by atoms with Crippen molar-refractivity contribution in [2.45, 2.75) is 123 Å². The van der Waals surface area contributed by atoms with Crippen LogP contribution in [0.2, 0.25) is 0 Å². The van der Waals surface area contributed by atoms with E-state index in [2.05, 4.69) is 27.7 Å². The molecule has 3 heteroatoms. The van der Waals surface area contributed by atoms with Crippen LogP contribution >= 0.6 is 0 Å². The van der Waals surface area contributed by atoms with Gasteiger partial charge in [-0.05, 0) is 124 Å². The van der Waals surface area contributed by atoms with Gasteiger partial charge in [0.05, 0.1) is 17.8 Å². The molecule has 30 heavy (non-hydrogen) atoms. The van der Waals surface area contributed by atoms with Crippen molar-refractivity contribution < 1.29 is 15.3 Å². The van der Waals surface area contributed by atoms with E-state index in [1.54, 1.807) is 0 Å². The molecule has 0 heterocycles. The molecule has 4 aliphatic carbocycles. The summed E-state index contributed by atoms with van der Waals surface area (Å²) in [4.78, 5) is 0. The standard InChI is InChI=1S/C27H48O3/c1-17(2)6-11-24(29)27(5,30)23-10-9-21-20-8-7-18-16-19(28)12-14-25(18,3)22(20)13-15-26(21,23)4/h17-24,28-30H,6-16H2,1-5H3/t18-,19-,20-,21-,22-,23-,24+,25-,26-,27+/m1/s1. The fourth-order valence-electron chi connectivity index (χ4n) is 9.21. The minimum atomic E-state index is -0.985. The average Bonchev–Trinajstić information content (AvgIpc) is 3.04. The van der Waals surface area contributed by atoms with Crippen molar-refractivity contribution in [3.8, 4) is 0 Å². The second-order valence-corrected chi connectivity index (χ2v) is 13.0. The molecule has 0 saturated heterocycles. The minimum Gasteiger partial charge on any atom is -0.393 e. The zero-order chi connectivity index (χ0) is 21.9. The summed E-state index contributed by atoms with van der Waals surface area (Å²) in [7, 11) is 0. The zero-order valence-corrected chi connectivity index (χ0v) is 20.2. The van der Waals surface area contributed by atoms with Crippen LogP contribution in [0, 0.1) is 46.3 Å². The molecule has 174 valence electrons. The van der Waals surface area contributed by atoms with Gasteiger partial charge in [-0.1, -0.05) is 27.7 Å². The van der Waals surface area contributed by atoms with E-state index in [1.165, 1.54) is 38.5 Å². The molecular weight excluding hydrogens is 372 g/mol. The van der Waals surface area contributed by atoms with Gasteiger partial charge in [-0.3, -0.25) is 0 Å². The summed E-state index contributed by atoms with van der Waals surface area (Å²) in [5, 5.41) is 32.8. The summed E-state index contributed by atoms with van der Waals surface area (Å²) in [5.41, 5.74) is -0.428. The van der Waals surface area contributed by atoms with Gasteiger partial charge in [0.15, 0.2) is 0 Å². The Morgan fingerprint density at radius 2 is 1.57 bits per heavy atom. The molecule has 3 nitrogen and oxygen atoms in total. The number of rotatable bonds is 5. The van der Waals surface area contributed by atoms with Gasteiger partial charge in [-0.25, -0.2) is 0 Å². The number of aliphatic hydroxyl groups is 3. The van der Waals surface area contributed by atoms with Gasteiger partial charge in [0.25, 0.3) is 0 Å². The van der Waals surface area contributed by atoms with Crippen LogP contribution in [0.5, 0.6) is 0 Å². The highest BCUT2D eigenvalue weighted by molar-refractivity contribution is 5.12. The predicted octanol–water partition coefficient (Wildman–Crippen LogP) is 5.55. The molecule has 0 bridgehead atoms. The van der Waals surface area contributed by atoms with E-state index >= 15 is 0 Å². The van der Waals surface area contributed by atoms with Crippen LogP contribution in [0.4, 0.5) is 0 Å². The third kappa shape index (κ3) is 3.59. The fourth-order valence-corrected chi connectivity index (χ4v) is 9.21. The van der Waals surface area contributed by atoms with Gasteiger partial charge in [0.1, 0.15) is 0 Å². The highest BCUT2D eigenvalue weighted by Gasteiger charge is 2.63. The Balaban J connectivity index is 1.53. The first-order chi connectivity index (χ1) is 14.0. The summed E-state index contributed by atoms with van der Waals surface area (Å²) >= 11 is 0. The van der Waals surface area contributed by atoms with Crippen LogP contribution in [0.15, 0.2) is 0 Å². The quantitative estimate of drug-likeness (QED) is 0.546. The summed E-state index contributed by atoms with van der Waals surface area (Å²) < 4.78 is 0. The molecule has 0 aromatic carbocycles. The molecule has 3 N–H and O–H groups in total. The fraction of sp³-hybridized carbons (Fsp3) is 1.00. The lowest BCUT2D eigenvalue weighted by molar-refractivity contribution is -0.167. The van der Waals surface area contributed by atoms with Crippen LogP contribution in [-0.4, -0.2) is 33.1 Å². The molecule has 0 aliphatic heterocycles. The van der Waals surface area contributed by atoms with Crippen molar-refractivity contribution in [1.29, 1.82) is 0 Å². The first kappa shape index (κ1) is 23.1. The molecule has 4 aliphatic rings. The second-order valence-electron chi connectivity index (χ2n) is 13.0. The summed E-state index contributed by atoms with van der Waals surface area (Å²) in [5.74, 6) is 3.71. The van der Waals surface area contributed by atoms with Crippen LogP contribution in [0.1, 0.15) is 105 Å². The monoisotopic (exact) mass is 420 g/mol. The molecule has 0 radical (unpaired) electrons. The van der Waals surface area contributed by atoms with Gasteiger partial charge in [-0.2, -0.15) is 0 Å². The molecule has 0 aromatic rings. The molecule has 4 rings (SSSR count). The Hall–Kier alpha value is -0.120. The van der Waals surface area contributed by atoms with Crippen molar-refractivity contribution in [2.75, 3.05) is 0 Å². The minimum absolute atomic E-state index is 0.0771. The number of hydrogen-bond acceptors (Lipinski definition) is 3. The molecule has 0 amide bonds. The van der Waals surface area contributed by atoms with E-state index in [0.29, 0.717) is 29.6 Å². The number of hydrogen-bond donors (Lipinski definition) is 3. The van der Waals surface area contributed by atoms with E-state index < -0.39 is 11.7 Å². The van der Waals surface area contributed by atoms with Crippen LogP contribution < -0.4 is 0 Å². The lowest BCUT2D eigenvalue weighted by Gasteiger charge is -2.61. The maximum Gasteiger partial charge on any atom is 0.0910 e. The molecule has 4 fully saturated rings. The number of aliphatic hydroxyl groups excluding tert-OH is 2. The predicted molar refractivity (Wildman–Crippen MR) is 122 cm³/mol. The SMILES string of the molecule is CC(C)CC[C@H](O)[C@@](C)(O)[C@@H]1CC[C@@H]2[C@H]3CC[C@@H]4C[C@H](O)CC[C@@]4(C)[C@@H]3CC[C@]21C. The summed E-state index contributed by atoms with van der Waals surface area (Å²) in [6.07, 6.45) is 11.5. The Kier molecular flexibility index (Phi) is 6.17. The molecule has 10 atom stereocenters. The van der Waals surface area contributed by atoms with Gasteiger partial charge < -0.3 is 15.3 Å². The van der Waals surface area contributed by atoms with E-state index in [1.807, 2.05) is 6.92 Å². The third-order valence-corrected chi connectivity index (χ3v) is 11.0. The van der Waals surface area contributed by atoms with E-state index in [-0.39, 0.29) is 17.4 Å². The molecular formula is C27H48O3. The molecule has 4 saturated carbocycles. The van der Waals surface area contributed by atoms with E-state index in [4.69, 9.17) is 0 Å². The van der Waals surface area contributed by atoms with Crippen molar-refractivity contribution in [3.05, 3.63) is 0 Å². The normalized spacial score (nSPS) is 49.1. The van der Waals surface area contributed by atoms with Gasteiger partial charge in [0.2, 0.25) is 0 Å². The Morgan fingerprint density at radius 1 is 0.900 bits per heavy atom. The van der Waals surface area contributed by atoms with Gasteiger partial charge in [0, 0.05) is 0 Å². The maximum atomic E-state index is 11.6. The Bertz CT molecular complexity index is 615. The summed E-state index contributed by atoms with van der Waals surface area (Å²) in [6, 6.07) is 0. The van der Waals surface area contributed by atoms with Gasteiger partial charge in [-0.15, -0.1) is 0 Å². The van der Waals surface area contributed by atoms with E-state index in [9.17, 15) is 15.3 Å². The Morgan fingerprint density at radius 3 is 2.27 bits per heavy atom. The molecule has 0 aromatic heterocycles. The van der Waals surface area contributed by atoms with Crippen LogP contribution in [-0.2, 0) is 0 Å². The Labute approximate surface area is 185 Å². The third-order valence-electron chi connectivity index (χ3n) is 11.0. The van der Waals surface area contributed by atoms with Gasteiger partial charge >= 0.3 is 0 Å². The molecule has 0 spiro atoms. The largest absolute Gasteiger partial charge is 0.393 e. The zero-order valence-electron chi connectivity index (χ0n) is 20.2. The maximum absolute atomic E-state index is 11.6. The van der Waals surface area contributed by atoms with Crippen molar-refractivity contribution in [2.24, 2.45) is 46.3 Å². The average molecular weight is 421 g/mol. The highest BCUT2D eigenvalue weighted by Crippen LogP contribution is 2.68. The smallest absolute Gasteiger partial charge is 0.0910 e. The lowest BCUT2D eigenvalue weighted by Crippen LogP contribution is -2.57. The highest BCUT2D eigenvalue weighted by atomic mass is 16.3.